The fourth-order valence-electron chi connectivity index (χ4n) is 2.34. The first-order valence-electron chi connectivity index (χ1n) is 7.69. The molecule has 0 unspecified atom stereocenters. The van der Waals surface area contributed by atoms with E-state index in [4.69, 9.17) is 0 Å². The molecule has 0 spiro atoms. The van der Waals surface area contributed by atoms with E-state index < -0.39 is 17.6 Å². The van der Waals surface area contributed by atoms with Gasteiger partial charge in [-0.1, -0.05) is 30.3 Å². The van der Waals surface area contributed by atoms with Crippen LogP contribution in [0, 0.1) is 0 Å². The number of rotatable bonds is 4. The van der Waals surface area contributed by atoms with Crippen LogP contribution in [0.2, 0.25) is 0 Å². The minimum atomic E-state index is -4.48. The number of nitrogens with zero attached hydrogens (tertiary/aromatic N) is 1. The second kappa shape index (κ2) is 7.26. The molecule has 132 valence electrons. The van der Waals surface area contributed by atoms with E-state index in [-0.39, 0.29) is 11.4 Å². The Labute approximate surface area is 147 Å². The number of aromatic nitrogens is 1. The zero-order valence-electron chi connectivity index (χ0n) is 13.4. The van der Waals surface area contributed by atoms with Gasteiger partial charge in [-0.3, -0.25) is 9.78 Å². The monoisotopic (exact) mass is 357 g/mol. The number of hydrogen-bond donors (Lipinski definition) is 2. The van der Waals surface area contributed by atoms with Gasteiger partial charge >= 0.3 is 6.18 Å². The summed E-state index contributed by atoms with van der Waals surface area (Å²) in [7, 11) is 0. The standard InChI is InChI=1S/C19H14F3N3O/c20-19(21,22)15-8-4-5-9-16(15)24-14-10-11-23-17(12-14)18(26)25-13-6-2-1-3-7-13/h1-12H,(H,23,24)(H,25,26). The number of alkyl halides is 3. The lowest BCUT2D eigenvalue weighted by Gasteiger charge is -2.14. The van der Waals surface area contributed by atoms with Gasteiger partial charge in [0, 0.05) is 17.6 Å². The van der Waals surface area contributed by atoms with Gasteiger partial charge in [-0.05, 0) is 36.4 Å². The third kappa shape index (κ3) is 4.18. The van der Waals surface area contributed by atoms with Crippen LogP contribution in [-0.2, 0) is 6.18 Å². The molecule has 0 aliphatic rings. The van der Waals surface area contributed by atoms with Gasteiger partial charge in [-0.15, -0.1) is 0 Å². The van der Waals surface area contributed by atoms with Crippen molar-refractivity contribution in [1.82, 2.24) is 4.98 Å². The van der Waals surface area contributed by atoms with E-state index in [1.807, 2.05) is 6.07 Å². The molecule has 0 radical (unpaired) electrons. The van der Waals surface area contributed by atoms with Crippen LogP contribution < -0.4 is 10.6 Å². The number of anilines is 3. The summed E-state index contributed by atoms with van der Waals surface area (Å²) in [5.74, 6) is -0.455. The number of hydrogen-bond acceptors (Lipinski definition) is 3. The van der Waals surface area contributed by atoms with E-state index in [9.17, 15) is 18.0 Å². The summed E-state index contributed by atoms with van der Waals surface area (Å²) >= 11 is 0. The number of para-hydroxylation sites is 2. The minimum absolute atomic E-state index is 0.0864. The molecule has 1 heterocycles. The van der Waals surface area contributed by atoms with Crippen molar-refractivity contribution >= 4 is 23.0 Å². The maximum atomic E-state index is 13.1. The van der Waals surface area contributed by atoms with Crippen LogP contribution in [0.1, 0.15) is 16.1 Å². The van der Waals surface area contributed by atoms with Gasteiger partial charge < -0.3 is 10.6 Å². The number of carbonyl (C=O) groups excluding carboxylic acids is 1. The second-order valence-electron chi connectivity index (χ2n) is 5.42. The molecule has 0 bridgehead atoms. The highest BCUT2D eigenvalue weighted by atomic mass is 19.4. The molecule has 7 heteroatoms. The normalized spacial score (nSPS) is 11.0. The fraction of sp³-hybridized carbons (Fsp3) is 0.0526. The Morgan fingerprint density at radius 3 is 2.31 bits per heavy atom. The molecule has 26 heavy (non-hydrogen) atoms. The Morgan fingerprint density at radius 2 is 1.58 bits per heavy atom. The Morgan fingerprint density at radius 1 is 0.885 bits per heavy atom. The van der Waals surface area contributed by atoms with E-state index in [2.05, 4.69) is 15.6 Å². The molecule has 3 rings (SSSR count). The Bertz CT molecular complexity index is 911. The average molecular weight is 357 g/mol. The molecule has 0 aliphatic heterocycles. The smallest absolute Gasteiger partial charge is 0.355 e. The van der Waals surface area contributed by atoms with Gasteiger partial charge in [0.25, 0.3) is 5.91 Å². The van der Waals surface area contributed by atoms with E-state index >= 15 is 0 Å². The number of pyridine rings is 1. The topological polar surface area (TPSA) is 54.0 Å². The van der Waals surface area contributed by atoms with E-state index in [0.29, 0.717) is 11.4 Å². The van der Waals surface area contributed by atoms with Gasteiger partial charge in [0.15, 0.2) is 0 Å². The van der Waals surface area contributed by atoms with Gasteiger partial charge in [0.2, 0.25) is 0 Å². The van der Waals surface area contributed by atoms with Crippen LogP contribution in [0.15, 0.2) is 72.9 Å². The number of amides is 1. The predicted molar refractivity (Wildman–Crippen MR) is 93.4 cm³/mol. The first-order valence-corrected chi connectivity index (χ1v) is 7.69. The zero-order chi connectivity index (χ0) is 18.6. The van der Waals surface area contributed by atoms with Crippen molar-refractivity contribution in [3.05, 3.63) is 84.2 Å². The van der Waals surface area contributed by atoms with E-state index in [0.717, 1.165) is 6.07 Å². The van der Waals surface area contributed by atoms with Gasteiger partial charge in [-0.2, -0.15) is 13.2 Å². The van der Waals surface area contributed by atoms with E-state index in [1.54, 1.807) is 24.3 Å². The van der Waals surface area contributed by atoms with Crippen LogP contribution in [0.5, 0.6) is 0 Å². The van der Waals surface area contributed by atoms with Crippen LogP contribution >= 0.6 is 0 Å². The van der Waals surface area contributed by atoms with Crippen LogP contribution in [-0.4, -0.2) is 10.9 Å². The quantitative estimate of drug-likeness (QED) is 0.683. The number of benzene rings is 2. The third-order valence-corrected chi connectivity index (χ3v) is 3.54. The van der Waals surface area contributed by atoms with Crippen molar-refractivity contribution in [2.24, 2.45) is 0 Å². The first kappa shape index (κ1) is 17.5. The highest BCUT2D eigenvalue weighted by molar-refractivity contribution is 6.03. The molecule has 1 aromatic heterocycles. The second-order valence-corrected chi connectivity index (χ2v) is 5.42. The maximum Gasteiger partial charge on any atom is 0.418 e. The SMILES string of the molecule is O=C(Nc1ccccc1)c1cc(Nc2ccccc2C(F)(F)F)ccn1. The lowest BCUT2D eigenvalue weighted by atomic mass is 10.1. The van der Waals surface area contributed by atoms with Crippen molar-refractivity contribution in [1.29, 1.82) is 0 Å². The molecule has 1 amide bonds. The molecule has 3 aromatic rings. The molecule has 0 saturated heterocycles. The largest absolute Gasteiger partial charge is 0.418 e. The fourth-order valence-corrected chi connectivity index (χ4v) is 2.34. The van der Waals surface area contributed by atoms with Crippen molar-refractivity contribution in [3.8, 4) is 0 Å². The summed E-state index contributed by atoms with van der Waals surface area (Å²) in [5.41, 5.74) is 0.131. The summed E-state index contributed by atoms with van der Waals surface area (Å²) in [5, 5.41) is 5.37. The highest BCUT2D eigenvalue weighted by Crippen LogP contribution is 2.35. The highest BCUT2D eigenvalue weighted by Gasteiger charge is 2.33. The molecule has 0 atom stereocenters. The molecule has 0 aliphatic carbocycles. The van der Waals surface area contributed by atoms with Crippen LogP contribution in [0.3, 0.4) is 0 Å². The van der Waals surface area contributed by atoms with Gasteiger partial charge in [-0.25, -0.2) is 0 Å². The molecule has 0 fully saturated rings. The number of nitrogens with one attached hydrogen (secondary N) is 2. The molecule has 2 aromatic carbocycles. The predicted octanol–water partition coefficient (Wildman–Crippen LogP) is 5.10. The third-order valence-electron chi connectivity index (χ3n) is 3.54. The van der Waals surface area contributed by atoms with Gasteiger partial charge in [0.05, 0.1) is 11.3 Å². The molecular formula is C19H14F3N3O. The summed E-state index contributed by atoms with van der Waals surface area (Å²) < 4.78 is 39.3. The van der Waals surface area contributed by atoms with Gasteiger partial charge in [0.1, 0.15) is 5.69 Å². The molecule has 4 nitrogen and oxygen atoms in total. The van der Waals surface area contributed by atoms with Crippen molar-refractivity contribution in [3.63, 3.8) is 0 Å². The molecule has 0 saturated carbocycles. The lowest BCUT2D eigenvalue weighted by molar-refractivity contribution is -0.136. The van der Waals surface area contributed by atoms with E-state index in [1.165, 1.54) is 36.5 Å². The Balaban J connectivity index is 1.81. The zero-order valence-corrected chi connectivity index (χ0v) is 13.4. The van der Waals surface area contributed by atoms with Crippen molar-refractivity contribution in [2.75, 3.05) is 10.6 Å². The minimum Gasteiger partial charge on any atom is -0.355 e. The molecular weight excluding hydrogens is 343 g/mol. The summed E-state index contributed by atoms with van der Waals surface area (Å²) in [4.78, 5) is 16.2. The Kier molecular flexibility index (Phi) is 4.88. The average Bonchev–Trinajstić information content (AvgIpc) is 2.62. The maximum absolute atomic E-state index is 13.1. The van der Waals surface area contributed by atoms with Crippen LogP contribution in [0.25, 0.3) is 0 Å². The summed E-state index contributed by atoms with van der Waals surface area (Å²) in [6.45, 7) is 0. The number of halogens is 3. The lowest BCUT2D eigenvalue weighted by Crippen LogP contribution is -2.14. The molecule has 2 N–H and O–H groups in total. The number of carbonyl (C=O) groups is 1. The Hall–Kier alpha value is -3.35. The summed E-state index contributed by atoms with van der Waals surface area (Å²) in [6, 6.07) is 16.8. The summed E-state index contributed by atoms with van der Waals surface area (Å²) in [6.07, 6.45) is -3.12. The van der Waals surface area contributed by atoms with Crippen LogP contribution in [0.4, 0.5) is 30.2 Å². The van der Waals surface area contributed by atoms with Crippen molar-refractivity contribution < 1.29 is 18.0 Å². The van der Waals surface area contributed by atoms with Crippen molar-refractivity contribution in [2.45, 2.75) is 6.18 Å². The first-order chi connectivity index (χ1) is 12.4.